The number of hydrogen-bond acceptors (Lipinski definition) is 4. The van der Waals surface area contributed by atoms with E-state index in [9.17, 15) is 4.91 Å². The van der Waals surface area contributed by atoms with Gasteiger partial charge in [0.2, 0.25) is 0 Å². The first-order chi connectivity index (χ1) is 7.85. The molecule has 1 aromatic heterocycles. The van der Waals surface area contributed by atoms with Gasteiger partial charge in [-0.1, -0.05) is 35.5 Å². The van der Waals surface area contributed by atoms with E-state index >= 15 is 0 Å². The van der Waals surface area contributed by atoms with Gasteiger partial charge in [0.15, 0.2) is 0 Å². The highest BCUT2D eigenvalue weighted by Gasteiger charge is 2.10. The third-order valence-corrected chi connectivity index (χ3v) is 3.12. The summed E-state index contributed by atoms with van der Waals surface area (Å²) in [5, 5.41) is 14.0. The van der Waals surface area contributed by atoms with Crippen LogP contribution in [0.2, 0.25) is 0 Å². The molecule has 2 rings (SSSR count). The molecule has 1 aromatic rings. The molecule has 1 aliphatic rings. The van der Waals surface area contributed by atoms with Crippen molar-refractivity contribution in [2.45, 2.75) is 6.04 Å². The highest BCUT2D eigenvalue weighted by Crippen LogP contribution is 2.26. The largest absolute Gasteiger partial charge is 0.192 e. The standard InChI is InChI=1S/C12H8N2OS/c13-8-11(12-2-1-7-16-12)9-3-5-10(14-15)6-4-9/h1-7,10H. The van der Waals surface area contributed by atoms with E-state index in [1.54, 1.807) is 24.3 Å². The second-order valence-corrected chi connectivity index (χ2v) is 4.18. The van der Waals surface area contributed by atoms with Crippen LogP contribution in [0, 0.1) is 16.2 Å². The van der Waals surface area contributed by atoms with Crippen molar-refractivity contribution in [2.75, 3.05) is 0 Å². The summed E-state index contributed by atoms with van der Waals surface area (Å²) < 4.78 is 0. The van der Waals surface area contributed by atoms with Gasteiger partial charge in [-0.2, -0.15) is 5.26 Å². The van der Waals surface area contributed by atoms with Gasteiger partial charge in [0, 0.05) is 4.88 Å². The van der Waals surface area contributed by atoms with E-state index < -0.39 is 6.04 Å². The van der Waals surface area contributed by atoms with Crippen LogP contribution < -0.4 is 0 Å². The maximum absolute atomic E-state index is 10.3. The summed E-state index contributed by atoms with van der Waals surface area (Å²) >= 11 is 1.52. The molecule has 4 heteroatoms. The zero-order chi connectivity index (χ0) is 11.4. The fourth-order valence-electron chi connectivity index (χ4n) is 1.44. The number of nitrogens with zero attached hydrogens (tertiary/aromatic N) is 2. The van der Waals surface area contributed by atoms with Crippen LogP contribution in [0.3, 0.4) is 0 Å². The first kappa shape index (κ1) is 10.5. The van der Waals surface area contributed by atoms with Crippen LogP contribution in [-0.2, 0) is 0 Å². The van der Waals surface area contributed by atoms with Crippen LogP contribution in [0.5, 0.6) is 0 Å². The fourth-order valence-corrected chi connectivity index (χ4v) is 2.19. The molecule has 1 aliphatic carbocycles. The van der Waals surface area contributed by atoms with Gasteiger partial charge >= 0.3 is 0 Å². The molecule has 0 fully saturated rings. The Labute approximate surface area is 97.0 Å². The lowest BCUT2D eigenvalue weighted by Crippen LogP contribution is -1.98. The summed E-state index contributed by atoms with van der Waals surface area (Å²) in [6, 6.07) is 5.59. The van der Waals surface area contributed by atoms with Gasteiger partial charge < -0.3 is 0 Å². The lowest BCUT2D eigenvalue weighted by molar-refractivity contribution is 1.00. The molecule has 0 saturated heterocycles. The Morgan fingerprint density at radius 1 is 1.44 bits per heavy atom. The van der Waals surface area contributed by atoms with Crippen LogP contribution in [-0.4, -0.2) is 6.04 Å². The Kier molecular flexibility index (Phi) is 3.08. The number of nitroso groups, excluding NO2 is 1. The molecule has 0 atom stereocenters. The SMILES string of the molecule is N#CC(=C1C=CC(N=O)C=C1)c1cccs1. The van der Waals surface area contributed by atoms with Gasteiger partial charge in [-0.05, 0) is 17.0 Å². The van der Waals surface area contributed by atoms with E-state index in [2.05, 4.69) is 11.2 Å². The second kappa shape index (κ2) is 4.69. The molecule has 0 N–H and O–H groups in total. The van der Waals surface area contributed by atoms with Gasteiger partial charge in [-0.15, -0.1) is 16.2 Å². The fraction of sp³-hybridized carbons (Fsp3) is 0.0833. The molecule has 1 heterocycles. The number of rotatable bonds is 2. The molecule has 0 saturated carbocycles. The second-order valence-electron chi connectivity index (χ2n) is 3.23. The summed E-state index contributed by atoms with van der Waals surface area (Å²) in [4.78, 5) is 11.2. The first-order valence-electron chi connectivity index (χ1n) is 4.72. The molecule has 0 radical (unpaired) electrons. The number of allylic oxidation sites excluding steroid dienone is 4. The average Bonchev–Trinajstić information content (AvgIpc) is 2.85. The quantitative estimate of drug-likeness (QED) is 0.576. The van der Waals surface area contributed by atoms with Crippen LogP contribution >= 0.6 is 11.3 Å². The molecule has 0 amide bonds. The van der Waals surface area contributed by atoms with Gasteiger partial charge in [0.1, 0.15) is 12.1 Å². The van der Waals surface area contributed by atoms with Crippen molar-refractivity contribution in [3.63, 3.8) is 0 Å². The van der Waals surface area contributed by atoms with Gasteiger partial charge in [0.05, 0.1) is 5.57 Å². The molecule has 3 nitrogen and oxygen atoms in total. The van der Waals surface area contributed by atoms with Crippen molar-refractivity contribution < 1.29 is 0 Å². The molecule has 78 valence electrons. The Morgan fingerprint density at radius 2 is 2.19 bits per heavy atom. The van der Waals surface area contributed by atoms with E-state index in [0.717, 1.165) is 10.5 Å². The Hall–Kier alpha value is -1.99. The number of hydrogen-bond donors (Lipinski definition) is 0. The highest BCUT2D eigenvalue weighted by molar-refractivity contribution is 7.11. The van der Waals surface area contributed by atoms with Crippen LogP contribution in [0.1, 0.15) is 4.88 Å². The molecular weight excluding hydrogens is 220 g/mol. The van der Waals surface area contributed by atoms with E-state index in [1.807, 2.05) is 17.5 Å². The van der Waals surface area contributed by atoms with Crippen molar-refractivity contribution in [2.24, 2.45) is 5.18 Å². The summed E-state index contributed by atoms with van der Waals surface area (Å²) in [7, 11) is 0. The van der Waals surface area contributed by atoms with E-state index in [4.69, 9.17) is 5.26 Å². The van der Waals surface area contributed by atoms with Gasteiger partial charge in [0.25, 0.3) is 0 Å². The maximum Gasteiger partial charge on any atom is 0.129 e. The minimum absolute atomic E-state index is 0.410. The zero-order valence-corrected chi connectivity index (χ0v) is 9.15. The van der Waals surface area contributed by atoms with Crippen molar-refractivity contribution in [3.05, 3.63) is 57.2 Å². The van der Waals surface area contributed by atoms with Crippen LogP contribution in [0.15, 0.2) is 52.6 Å². The van der Waals surface area contributed by atoms with E-state index in [-0.39, 0.29) is 0 Å². The predicted octanol–water partition coefficient (Wildman–Crippen LogP) is 3.29. The maximum atomic E-state index is 10.3. The molecule has 0 aliphatic heterocycles. The summed E-state index contributed by atoms with van der Waals surface area (Å²) in [5.41, 5.74) is 1.46. The van der Waals surface area contributed by atoms with Crippen LogP contribution in [0.4, 0.5) is 0 Å². The molecule has 0 spiro atoms. The monoisotopic (exact) mass is 228 g/mol. The Morgan fingerprint density at radius 3 is 2.69 bits per heavy atom. The predicted molar refractivity (Wildman–Crippen MR) is 64.7 cm³/mol. The molecule has 16 heavy (non-hydrogen) atoms. The van der Waals surface area contributed by atoms with E-state index in [0.29, 0.717) is 5.57 Å². The topological polar surface area (TPSA) is 53.2 Å². The Bertz CT molecular complexity index is 502. The zero-order valence-electron chi connectivity index (χ0n) is 8.33. The minimum Gasteiger partial charge on any atom is -0.192 e. The third-order valence-electron chi connectivity index (χ3n) is 2.24. The lowest BCUT2D eigenvalue weighted by Gasteiger charge is -2.06. The Balaban J connectivity index is 2.39. The van der Waals surface area contributed by atoms with Crippen molar-refractivity contribution in [1.29, 1.82) is 5.26 Å². The smallest absolute Gasteiger partial charge is 0.129 e. The normalized spacial score (nSPS) is 18.2. The van der Waals surface area contributed by atoms with E-state index in [1.165, 1.54) is 11.3 Å². The summed E-state index contributed by atoms with van der Waals surface area (Å²) in [6.07, 6.45) is 6.91. The van der Waals surface area contributed by atoms with Gasteiger partial charge in [-0.25, -0.2) is 0 Å². The first-order valence-corrected chi connectivity index (χ1v) is 5.60. The molecular formula is C12H8N2OS. The average molecular weight is 228 g/mol. The number of thiophene rings is 1. The molecule has 0 aromatic carbocycles. The highest BCUT2D eigenvalue weighted by atomic mass is 32.1. The molecule has 0 bridgehead atoms. The minimum atomic E-state index is -0.410. The third kappa shape index (κ3) is 2.00. The van der Waals surface area contributed by atoms with Crippen LogP contribution in [0.25, 0.3) is 5.57 Å². The summed E-state index contributed by atoms with van der Waals surface area (Å²) in [5.74, 6) is 0. The summed E-state index contributed by atoms with van der Waals surface area (Å²) in [6.45, 7) is 0. The number of nitriles is 1. The van der Waals surface area contributed by atoms with Crippen molar-refractivity contribution in [3.8, 4) is 6.07 Å². The van der Waals surface area contributed by atoms with Crippen molar-refractivity contribution in [1.82, 2.24) is 0 Å². The molecule has 0 unspecified atom stereocenters. The van der Waals surface area contributed by atoms with Gasteiger partial charge in [-0.3, -0.25) is 0 Å². The lowest BCUT2D eigenvalue weighted by atomic mass is 10.0. The van der Waals surface area contributed by atoms with Crippen molar-refractivity contribution >= 4 is 16.9 Å².